The summed E-state index contributed by atoms with van der Waals surface area (Å²) in [6.45, 7) is 2.34. The first-order valence-corrected chi connectivity index (χ1v) is 6.35. The number of hydrogen-bond donors (Lipinski definition) is 1. The van der Waals surface area contributed by atoms with Gasteiger partial charge in [-0.3, -0.25) is 4.90 Å². The average molecular weight is 259 g/mol. The fourth-order valence-electron chi connectivity index (χ4n) is 2.38. The molecule has 2 aromatic rings. The van der Waals surface area contributed by atoms with Crippen molar-refractivity contribution in [2.24, 2.45) is 0 Å². The number of aromatic nitrogens is 1. The Kier molecular flexibility index (Phi) is 3.13. The molecule has 5 heteroatoms. The third kappa shape index (κ3) is 2.71. The van der Waals surface area contributed by atoms with Crippen LogP contribution in [0.1, 0.15) is 16.9 Å². The van der Waals surface area contributed by atoms with E-state index in [1.807, 2.05) is 7.05 Å². The van der Waals surface area contributed by atoms with Gasteiger partial charge >= 0.3 is 0 Å². The third-order valence-electron chi connectivity index (χ3n) is 3.21. The molecule has 1 aromatic heterocycles. The number of nitrogens with two attached hydrogens (primary N) is 1. The fraction of sp³-hybridized carbons (Fsp3) is 0.357. The second kappa shape index (κ2) is 4.93. The van der Waals surface area contributed by atoms with Crippen molar-refractivity contribution in [1.29, 1.82) is 0 Å². The molecule has 0 radical (unpaired) electrons. The van der Waals surface area contributed by atoms with E-state index in [-0.39, 0.29) is 0 Å². The van der Waals surface area contributed by atoms with Crippen molar-refractivity contribution in [3.8, 4) is 5.75 Å². The first kappa shape index (κ1) is 12.0. The molecule has 0 fully saturated rings. The zero-order valence-electron chi connectivity index (χ0n) is 10.9. The largest absolute Gasteiger partial charge is 0.493 e. The number of ether oxygens (including phenoxy) is 1. The van der Waals surface area contributed by atoms with E-state index in [4.69, 9.17) is 15.0 Å². The van der Waals surface area contributed by atoms with E-state index in [0.29, 0.717) is 12.4 Å². The minimum Gasteiger partial charge on any atom is -0.493 e. The maximum absolute atomic E-state index is 5.53. The van der Waals surface area contributed by atoms with Crippen molar-refractivity contribution in [2.45, 2.75) is 19.5 Å². The van der Waals surface area contributed by atoms with Gasteiger partial charge in [-0.1, -0.05) is 17.3 Å². The number of benzene rings is 1. The Morgan fingerprint density at radius 1 is 1.32 bits per heavy atom. The number of rotatable bonds is 4. The molecular weight excluding hydrogens is 242 g/mol. The van der Waals surface area contributed by atoms with Gasteiger partial charge in [-0.15, -0.1) is 0 Å². The molecule has 5 nitrogen and oxygen atoms in total. The van der Waals surface area contributed by atoms with Crippen LogP contribution in [0, 0.1) is 0 Å². The Labute approximate surface area is 111 Å². The zero-order chi connectivity index (χ0) is 13.2. The molecule has 0 aliphatic carbocycles. The maximum atomic E-state index is 5.53. The van der Waals surface area contributed by atoms with Crippen molar-refractivity contribution < 1.29 is 9.26 Å². The van der Waals surface area contributed by atoms with Gasteiger partial charge in [-0.2, -0.15) is 0 Å². The summed E-state index contributed by atoms with van der Waals surface area (Å²) in [7, 11) is 2.04. The van der Waals surface area contributed by atoms with Crippen LogP contribution in [0.25, 0.3) is 0 Å². The number of fused-ring (bicyclic) bond motifs is 1. The van der Waals surface area contributed by atoms with Gasteiger partial charge in [-0.25, -0.2) is 0 Å². The molecule has 1 aliphatic rings. The van der Waals surface area contributed by atoms with E-state index in [2.05, 4.69) is 28.3 Å². The topological polar surface area (TPSA) is 64.5 Å². The van der Waals surface area contributed by atoms with Crippen LogP contribution in [-0.2, 0) is 19.5 Å². The highest BCUT2D eigenvalue weighted by Crippen LogP contribution is 2.26. The predicted molar refractivity (Wildman–Crippen MR) is 71.7 cm³/mol. The molecule has 19 heavy (non-hydrogen) atoms. The van der Waals surface area contributed by atoms with Gasteiger partial charge in [0.1, 0.15) is 5.75 Å². The van der Waals surface area contributed by atoms with Crippen LogP contribution < -0.4 is 10.5 Å². The Balaban J connectivity index is 1.64. The molecule has 0 amide bonds. The van der Waals surface area contributed by atoms with Crippen LogP contribution >= 0.6 is 0 Å². The summed E-state index contributed by atoms with van der Waals surface area (Å²) in [6.07, 6.45) is 1.01. The monoisotopic (exact) mass is 259 g/mol. The second-order valence-corrected chi connectivity index (χ2v) is 4.93. The molecule has 0 saturated carbocycles. The van der Waals surface area contributed by atoms with Crippen LogP contribution in [0.4, 0.5) is 5.82 Å². The molecule has 2 N–H and O–H groups in total. The first-order chi connectivity index (χ1) is 9.20. The molecule has 100 valence electrons. The fourth-order valence-corrected chi connectivity index (χ4v) is 2.38. The molecule has 3 rings (SSSR count). The van der Waals surface area contributed by atoms with E-state index in [1.165, 1.54) is 11.1 Å². The van der Waals surface area contributed by atoms with Crippen molar-refractivity contribution >= 4 is 5.82 Å². The smallest absolute Gasteiger partial charge is 0.167 e. The van der Waals surface area contributed by atoms with Crippen LogP contribution in [0.3, 0.4) is 0 Å². The lowest BCUT2D eigenvalue weighted by molar-refractivity contribution is 0.267. The number of anilines is 1. The number of hydrogen-bond acceptors (Lipinski definition) is 5. The molecule has 0 saturated heterocycles. The van der Waals surface area contributed by atoms with Crippen molar-refractivity contribution in [1.82, 2.24) is 10.1 Å². The molecule has 2 heterocycles. The highest BCUT2D eigenvalue weighted by molar-refractivity contribution is 5.39. The average Bonchev–Trinajstić information content (AvgIpc) is 2.97. The molecule has 1 aliphatic heterocycles. The lowest BCUT2D eigenvalue weighted by Gasteiger charge is -2.15. The quantitative estimate of drug-likeness (QED) is 0.907. The van der Waals surface area contributed by atoms with Crippen molar-refractivity contribution in [2.75, 3.05) is 19.4 Å². The van der Waals surface area contributed by atoms with E-state index in [9.17, 15) is 0 Å². The third-order valence-corrected chi connectivity index (χ3v) is 3.21. The Bertz CT molecular complexity index is 580. The van der Waals surface area contributed by atoms with Gasteiger partial charge in [0, 0.05) is 19.0 Å². The Morgan fingerprint density at radius 2 is 2.21 bits per heavy atom. The summed E-state index contributed by atoms with van der Waals surface area (Å²) in [4.78, 5) is 2.16. The Hall–Kier alpha value is -2.01. The SMILES string of the molecule is CN(Cc1ccc2c(c1)CCO2)Cc1cc(N)no1. The van der Waals surface area contributed by atoms with Crippen molar-refractivity contribution in [3.05, 3.63) is 41.2 Å². The lowest BCUT2D eigenvalue weighted by Crippen LogP contribution is -2.16. The van der Waals surface area contributed by atoms with Gasteiger partial charge in [0.2, 0.25) is 0 Å². The van der Waals surface area contributed by atoms with E-state index in [1.54, 1.807) is 6.07 Å². The minimum atomic E-state index is 0.429. The number of nitrogens with zero attached hydrogens (tertiary/aromatic N) is 2. The molecule has 0 atom stereocenters. The molecule has 1 aromatic carbocycles. The molecular formula is C14H17N3O2. The highest BCUT2D eigenvalue weighted by atomic mass is 16.5. The summed E-state index contributed by atoms with van der Waals surface area (Å²) < 4.78 is 10.6. The van der Waals surface area contributed by atoms with Crippen molar-refractivity contribution in [3.63, 3.8) is 0 Å². The van der Waals surface area contributed by atoms with E-state index < -0.39 is 0 Å². The van der Waals surface area contributed by atoms with Gasteiger partial charge < -0.3 is 15.0 Å². The van der Waals surface area contributed by atoms with Gasteiger partial charge in [-0.05, 0) is 24.2 Å². The van der Waals surface area contributed by atoms with Crippen LogP contribution in [0.15, 0.2) is 28.8 Å². The predicted octanol–water partition coefficient (Wildman–Crippen LogP) is 1.82. The van der Waals surface area contributed by atoms with Crippen LogP contribution in [0.5, 0.6) is 5.75 Å². The first-order valence-electron chi connectivity index (χ1n) is 6.35. The highest BCUT2D eigenvalue weighted by Gasteiger charge is 2.13. The molecule has 0 spiro atoms. The van der Waals surface area contributed by atoms with Crippen LogP contribution in [-0.4, -0.2) is 23.7 Å². The second-order valence-electron chi connectivity index (χ2n) is 4.93. The van der Waals surface area contributed by atoms with Gasteiger partial charge in [0.25, 0.3) is 0 Å². The summed E-state index contributed by atoms with van der Waals surface area (Å²) in [5.41, 5.74) is 8.11. The minimum absolute atomic E-state index is 0.429. The summed E-state index contributed by atoms with van der Waals surface area (Å²) >= 11 is 0. The van der Waals surface area contributed by atoms with E-state index in [0.717, 1.165) is 31.1 Å². The van der Waals surface area contributed by atoms with Gasteiger partial charge in [0.05, 0.1) is 13.2 Å². The standard InChI is InChI=1S/C14H17N3O2/c1-17(9-12-7-14(15)16-19-12)8-10-2-3-13-11(6-10)4-5-18-13/h2-3,6-7H,4-5,8-9H2,1H3,(H2,15,16). The number of nitrogen functional groups attached to an aromatic ring is 1. The zero-order valence-corrected chi connectivity index (χ0v) is 10.9. The molecule has 0 unspecified atom stereocenters. The maximum Gasteiger partial charge on any atom is 0.167 e. The summed E-state index contributed by atoms with van der Waals surface area (Å²) in [5.74, 6) is 2.23. The van der Waals surface area contributed by atoms with E-state index >= 15 is 0 Å². The lowest BCUT2D eigenvalue weighted by atomic mass is 10.1. The van der Waals surface area contributed by atoms with Crippen LogP contribution in [0.2, 0.25) is 0 Å². The van der Waals surface area contributed by atoms with Gasteiger partial charge in [0.15, 0.2) is 11.6 Å². The summed E-state index contributed by atoms with van der Waals surface area (Å²) in [6, 6.07) is 8.13. The molecule has 0 bridgehead atoms. The normalized spacial score (nSPS) is 13.6. The Morgan fingerprint density at radius 3 is 3.00 bits per heavy atom. The summed E-state index contributed by atoms with van der Waals surface area (Å²) in [5, 5.41) is 3.68.